The molecule has 2 heterocycles. The Labute approximate surface area is 235 Å². The number of aryl methyl sites for hydroxylation is 1. The number of nitrogens with zero attached hydrogens (tertiary/aromatic N) is 4. The molecule has 1 fully saturated rings. The largest absolute Gasteiger partial charge is 0.508 e. The van der Waals surface area contributed by atoms with Crippen LogP contribution in [0.1, 0.15) is 46.8 Å². The van der Waals surface area contributed by atoms with Gasteiger partial charge in [0.15, 0.2) is 5.82 Å². The first-order valence-electron chi connectivity index (χ1n) is 13.3. The van der Waals surface area contributed by atoms with Gasteiger partial charge in [0.05, 0.1) is 16.8 Å². The summed E-state index contributed by atoms with van der Waals surface area (Å²) in [6, 6.07) is 11.7. The number of halogens is 2. The van der Waals surface area contributed by atoms with E-state index in [9.17, 15) is 24.2 Å². The van der Waals surface area contributed by atoms with E-state index >= 15 is 4.39 Å². The Kier molecular flexibility index (Phi) is 7.63. The molecule has 0 radical (unpaired) electrons. The second-order valence-corrected chi connectivity index (χ2v) is 10.6. The van der Waals surface area contributed by atoms with Gasteiger partial charge < -0.3 is 15.1 Å². The quantitative estimate of drug-likeness (QED) is 0.322. The monoisotopic (exact) mass is 563 g/mol. The van der Waals surface area contributed by atoms with Gasteiger partial charge in [-0.2, -0.15) is 5.10 Å². The Morgan fingerprint density at radius 1 is 0.976 bits per heavy atom. The van der Waals surface area contributed by atoms with Crippen molar-refractivity contribution in [2.75, 3.05) is 26.2 Å². The summed E-state index contributed by atoms with van der Waals surface area (Å²) in [4.78, 5) is 29.1. The van der Waals surface area contributed by atoms with E-state index in [2.05, 4.69) is 10.2 Å². The topological polar surface area (TPSA) is 115 Å². The Balaban J connectivity index is 1.32. The molecule has 1 aliphatic rings. The van der Waals surface area contributed by atoms with E-state index in [4.69, 9.17) is 0 Å². The fourth-order valence-corrected chi connectivity index (χ4v) is 5.07. The van der Waals surface area contributed by atoms with Crippen LogP contribution in [0.25, 0.3) is 17.1 Å². The number of rotatable bonds is 6. The summed E-state index contributed by atoms with van der Waals surface area (Å²) in [5.74, 6) is -1.76. The number of aromatic hydroxyl groups is 2. The molecule has 11 heteroatoms. The van der Waals surface area contributed by atoms with Crippen LogP contribution in [-0.2, 0) is 6.54 Å². The molecule has 214 valence electrons. The molecular weight excluding hydrogens is 532 g/mol. The second kappa shape index (κ2) is 11.2. The van der Waals surface area contributed by atoms with Gasteiger partial charge in [-0.05, 0) is 54.3 Å². The number of amides is 1. The fourth-order valence-electron chi connectivity index (χ4n) is 5.07. The Hall–Kier alpha value is -4.51. The highest BCUT2D eigenvalue weighted by atomic mass is 19.1. The van der Waals surface area contributed by atoms with Gasteiger partial charge in [0.1, 0.15) is 23.1 Å². The number of nitrogens with one attached hydrogen (secondary N) is 1. The lowest BCUT2D eigenvalue weighted by Crippen LogP contribution is -2.48. The normalized spacial score (nSPS) is 14.1. The van der Waals surface area contributed by atoms with Crippen molar-refractivity contribution >= 4 is 5.91 Å². The number of piperazine rings is 1. The Bertz CT molecular complexity index is 1670. The van der Waals surface area contributed by atoms with Crippen molar-refractivity contribution in [1.29, 1.82) is 0 Å². The minimum absolute atomic E-state index is 0.0422. The van der Waals surface area contributed by atoms with E-state index in [0.29, 0.717) is 37.3 Å². The van der Waals surface area contributed by atoms with Crippen LogP contribution in [-0.4, -0.2) is 66.9 Å². The van der Waals surface area contributed by atoms with E-state index in [1.54, 1.807) is 36.1 Å². The third-order valence-corrected chi connectivity index (χ3v) is 7.38. The zero-order valence-electron chi connectivity index (χ0n) is 23.0. The molecule has 0 atom stereocenters. The highest BCUT2D eigenvalue weighted by molar-refractivity contribution is 5.94. The third kappa shape index (κ3) is 5.58. The second-order valence-electron chi connectivity index (χ2n) is 10.6. The molecule has 9 nitrogen and oxygen atoms in total. The lowest BCUT2D eigenvalue weighted by atomic mass is 9.98. The van der Waals surface area contributed by atoms with Crippen molar-refractivity contribution in [1.82, 2.24) is 24.6 Å². The lowest BCUT2D eigenvalue weighted by molar-refractivity contribution is 0.0622. The number of hydrogen-bond donors (Lipinski definition) is 3. The van der Waals surface area contributed by atoms with Gasteiger partial charge in [0.2, 0.25) is 0 Å². The average molecular weight is 564 g/mol. The van der Waals surface area contributed by atoms with Crippen LogP contribution in [0.5, 0.6) is 11.5 Å². The summed E-state index contributed by atoms with van der Waals surface area (Å²) in [6.07, 6.45) is 0. The molecule has 1 amide bonds. The van der Waals surface area contributed by atoms with Gasteiger partial charge in [-0.3, -0.25) is 9.69 Å². The number of aromatic nitrogens is 3. The van der Waals surface area contributed by atoms with Crippen LogP contribution in [0.2, 0.25) is 0 Å². The zero-order chi connectivity index (χ0) is 29.4. The van der Waals surface area contributed by atoms with E-state index in [1.807, 2.05) is 18.7 Å². The standard InChI is InChI=1S/C30H31F2N5O4/c1-17(2)22-14-23(27(39)15-26(22)38)28-33-34-30(41)37(28)20-6-5-19(24(31)13-20)16-35-8-10-36(11-9-35)29(40)21-7-4-18(3)12-25(21)32/h4-7,12-15,17,38-39H,8-11,16H2,1-3H3,(H,34,41). The number of phenolic OH excluding ortho intramolecular Hbond substituents is 2. The molecule has 0 aliphatic carbocycles. The summed E-state index contributed by atoms with van der Waals surface area (Å²) in [5.41, 5.74) is 1.57. The molecule has 4 aromatic rings. The number of aromatic amines is 1. The lowest BCUT2D eigenvalue weighted by Gasteiger charge is -2.35. The Morgan fingerprint density at radius 2 is 1.71 bits per heavy atom. The van der Waals surface area contributed by atoms with Gasteiger partial charge in [-0.15, -0.1) is 0 Å². The van der Waals surface area contributed by atoms with Crippen LogP contribution in [0, 0.1) is 18.6 Å². The summed E-state index contributed by atoms with van der Waals surface area (Å²) < 4.78 is 30.8. The molecule has 0 saturated carbocycles. The number of carbonyl (C=O) groups excluding carboxylic acids is 1. The molecule has 0 unspecified atom stereocenters. The highest BCUT2D eigenvalue weighted by Crippen LogP contribution is 2.37. The maximum absolute atomic E-state index is 15.3. The highest BCUT2D eigenvalue weighted by Gasteiger charge is 2.25. The molecule has 1 aromatic heterocycles. The predicted molar refractivity (Wildman–Crippen MR) is 149 cm³/mol. The van der Waals surface area contributed by atoms with Crippen LogP contribution in [0.15, 0.2) is 53.3 Å². The minimum atomic E-state index is -0.614. The van der Waals surface area contributed by atoms with E-state index in [0.717, 1.165) is 10.1 Å². The van der Waals surface area contributed by atoms with Crippen LogP contribution in [0.3, 0.4) is 0 Å². The maximum Gasteiger partial charge on any atom is 0.348 e. The summed E-state index contributed by atoms with van der Waals surface area (Å²) in [7, 11) is 0. The Morgan fingerprint density at radius 3 is 2.37 bits per heavy atom. The fraction of sp³-hybridized carbons (Fsp3) is 0.300. The average Bonchev–Trinajstić information content (AvgIpc) is 3.30. The van der Waals surface area contributed by atoms with Gasteiger partial charge >= 0.3 is 5.69 Å². The molecule has 1 aliphatic heterocycles. The first-order chi connectivity index (χ1) is 19.5. The summed E-state index contributed by atoms with van der Waals surface area (Å²) >= 11 is 0. The van der Waals surface area contributed by atoms with Crippen molar-refractivity contribution in [2.45, 2.75) is 33.2 Å². The molecule has 5 rings (SSSR count). The van der Waals surface area contributed by atoms with Crippen molar-refractivity contribution in [3.8, 4) is 28.6 Å². The molecule has 3 aromatic carbocycles. The molecular formula is C30H31F2N5O4. The van der Waals surface area contributed by atoms with Gasteiger partial charge in [0.25, 0.3) is 5.91 Å². The van der Waals surface area contributed by atoms with Crippen LogP contribution in [0.4, 0.5) is 8.78 Å². The van der Waals surface area contributed by atoms with Crippen LogP contribution < -0.4 is 5.69 Å². The molecule has 41 heavy (non-hydrogen) atoms. The van der Waals surface area contributed by atoms with Crippen molar-refractivity contribution < 1.29 is 23.8 Å². The number of carbonyl (C=O) groups is 1. The summed E-state index contributed by atoms with van der Waals surface area (Å²) in [5, 5.41) is 27.1. The third-order valence-electron chi connectivity index (χ3n) is 7.38. The smallest absolute Gasteiger partial charge is 0.348 e. The van der Waals surface area contributed by atoms with Gasteiger partial charge in [0, 0.05) is 44.4 Å². The summed E-state index contributed by atoms with van der Waals surface area (Å²) in [6.45, 7) is 7.55. The predicted octanol–water partition coefficient (Wildman–Crippen LogP) is 4.31. The minimum Gasteiger partial charge on any atom is -0.508 e. The SMILES string of the molecule is Cc1ccc(C(=O)N2CCN(Cc3ccc(-n4c(-c5cc(C(C)C)c(O)cc5O)n[nH]c4=O)cc3F)CC2)c(F)c1. The first-order valence-corrected chi connectivity index (χ1v) is 13.3. The van der Waals surface area contributed by atoms with Gasteiger partial charge in [-0.25, -0.2) is 23.2 Å². The van der Waals surface area contributed by atoms with Crippen molar-refractivity contribution in [2.24, 2.45) is 0 Å². The maximum atomic E-state index is 15.3. The number of phenols is 2. The van der Waals surface area contributed by atoms with E-state index < -0.39 is 17.3 Å². The van der Waals surface area contributed by atoms with Crippen molar-refractivity contribution in [3.63, 3.8) is 0 Å². The zero-order valence-corrected chi connectivity index (χ0v) is 23.0. The molecule has 3 N–H and O–H groups in total. The molecule has 1 saturated heterocycles. The number of benzene rings is 3. The molecule has 0 bridgehead atoms. The van der Waals surface area contributed by atoms with E-state index in [-0.39, 0.29) is 52.5 Å². The number of H-pyrrole nitrogens is 1. The first kappa shape index (κ1) is 28.0. The van der Waals surface area contributed by atoms with Gasteiger partial charge in [-0.1, -0.05) is 26.0 Å². The van der Waals surface area contributed by atoms with Crippen molar-refractivity contribution in [3.05, 3.63) is 92.9 Å². The molecule has 0 spiro atoms. The number of hydrogen-bond acceptors (Lipinski definition) is 6. The van der Waals surface area contributed by atoms with Crippen LogP contribution >= 0.6 is 0 Å². The van der Waals surface area contributed by atoms with E-state index in [1.165, 1.54) is 24.3 Å².